The molecule has 29 heavy (non-hydrogen) atoms. The van der Waals surface area contributed by atoms with E-state index in [0.29, 0.717) is 0 Å². The number of halogens is 4. The molecule has 2 N–H and O–H groups in total. The van der Waals surface area contributed by atoms with E-state index in [1.165, 1.54) is 11.4 Å². The average Bonchev–Trinajstić information content (AvgIpc) is 2.99. The van der Waals surface area contributed by atoms with Crippen LogP contribution in [0, 0.1) is 33.8 Å². The first kappa shape index (κ1) is 27.0. The van der Waals surface area contributed by atoms with Crippen LogP contribution in [0.4, 0.5) is 17.3 Å². The number of hydrogen-bond acceptors (Lipinski definition) is 2. The molecular formula is C18H23BF4N4OPd. The van der Waals surface area contributed by atoms with Crippen LogP contribution in [0.25, 0.3) is 0 Å². The maximum absolute atomic E-state index is 9.75. The SMILES string of the molecule is Cc1cc(C)n(Cc2[c-]c(Cn3nc(C)cc3C)ccc2)n1.F[B-](F)(F)F.O.[Pd+2]. The third-order valence-electron chi connectivity index (χ3n) is 3.76. The number of nitrogens with zero attached hydrogens (tertiary/aromatic N) is 4. The summed E-state index contributed by atoms with van der Waals surface area (Å²) in [6, 6.07) is 14.0. The van der Waals surface area contributed by atoms with E-state index in [4.69, 9.17) is 0 Å². The van der Waals surface area contributed by atoms with E-state index in [-0.39, 0.29) is 25.9 Å². The Kier molecular flexibility index (Phi) is 10.5. The molecule has 0 amide bonds. The zero-order chi connectivity index (χ0) is 20.2. The predicted molar refractivity (Wildman–Crippen MR) is 101 cm³/mol. The third kappa shape index (κ3) is 9.39. The summed E-state index contributed by atoms with van der Waals surface area (Å²) in [5, 5.41) is 9.03. The van der Waals surface area contributed by atoms with Gasteiger partial charge in [0.15, 0.2) is 0 Å². The fourth-order valence-corrected chi connectivity index (χ4v) is 2.75. The van der Waals surface area contributed by atoms with Crippen molar-refractivity contribution < 1.29 is 43.2 Å². The molecule has 0 saturated carbocycles. The number of aromatic nitrogens is 4. The van der Waals surface area contributed by atoms with Crippen molar-refractivity contribution in [2.75, 3.05) is 0 Å². The second-order valence-corrected chi connectivity index (χ2v) is 6.37. The first-order valence-electron chi connectivity index (χ1n) is 8.41. The minimum atomic E-state index is -6.00. The summed E-state index contributed by atoms with van der Waals surface area (Å²) in [4.78, 5) is 0. The van der Waals surface area contributed by atoms with E-state index in [0.717, 1.165) is 35.6 Å². The van der Waals surface area contributed by atoms with Crippen LogP contribution < -0.4 is 0 Å². The normalized spacial score (nSPS) is 10.5. The maximum atomic E-state index is 9.75. The minimum absolute atomic E-state index is 0. The van der Waals surface area contributed by atoms with Crippen LogP contribution in [0.3, 0.4) is 0 Å². The summed E-state index contributed by atoms with van der Waals surface area (Å²) in [6.07, 6.45) is 0. The molecule has 0 aliphatic carbocycles. The van der Waals surface area contributed by atoms with E-state index in [2.05, 4.69) is 60.4 Å². The number of rotatable bonds is 4. The van der Waals surface area contributed by atoms with Crippen molar-refractivity contribution in [3.05, 3.63) is 70.3 Å². The van der Waals surface area contributed by atoms with E-state index >= 15 is 0 Å². The Bertz CT molecular complexity index is 842. The predicted octanol–water partition coefficient (Wildman–Crippen LogP) is 3.68. The van der Waals surface area contributed by atoms with Crippen LogP contribution in [-0.2, 0) is 33.5 Å². The molecule has 0 aliphatic rings. The van der Waals surface area contributed by atoms with E-state index in [1.807, 2.05) is 23.2 Å². The van der Waals surface area contributed by atoms with E-state index < -0.39 is 7.25 Å². The molecule has 2 aromatic heterocycles. The molecule has 0 unspecified atom stereocenters. The number of benzene rings is 1. The minimum Gasteiger partial charge on any atom is -0.418 e. The summed E-state index contributed by atoms with van der Waals surface area (Å²) in [5.74, 6) is 0. The molecule has 0 aliphatic heterocycles. The molecule has 2 heterocycles. The maximum Gasteiger partial charge on any atom is 2.00 e. The van der Waals surface area contributed by atoms with Crippen LogP contribution in [0.15, 0.2) is 30.3 Å². The molecular weight excluding hydrogens is 481 g/mol. The van der Waals surface area contributed by atoms with Gasteiger partial charge in [0.05, 0.1) is 11.4 Å². The van der Waals surface area contributed by atoms with Crippen LogP contribution in [0.5, 0.6) is 0 Å². The molecule has 0 atom stereocenters. The molecule has 5 nitrogen and oxygen atoms in total. The molecule has 0 bridgehead atoms. The van der Waals surface area contributed by atoms with Crippen LogP contribution in [0.1, 0.15) is 33.9 Å². The van der Waals surface area contributed by atoms with Gasteiger partial charge >= 0.3 is 27.7 Å². The van der Waals surface area contributed by atoms with Crippen LogP contribution >= 0.6 is 0 Å². The van der Waals surface area contributed by atoms with Gasteiger partial charge in [-0.1, -0.05) is 0 Å². The van der Waals surface area contributed by atoms with Gasteiger partial charge in [0.1, 0.15) is 0 Å². The van der Waals surface area contributed by atoms with Crippen molar-refractivity contribution in [1.82, 2.24) is 19.6 Å². The summed E-state index contributed by atoms with van der Waals surface area (Å²) in [6.45, 7) is 9.72. The Balaban J connectivity index is 0.00000101. The standard InChI is InChI=1S/C18H21N4.BF4.H2O.Pd/c1-13-8-15(3)21(19-13)11-17-6-5-7-18(10-17)12-22-16(4)9-14(2)20-22;2-1(3,4)5;;/h5-9H,11-12H2,1-4H3;;1H2;/q2*-1;;+2. The second kappa shape index (κ2) is 11.3. The van der Waals surface area contributed by atoms with Gasteiger partial charge in [0.2, 0.25) is 0 Å². The van der Waals surface area contributed by atoms with Crippen molar-refractivity contribution >= 4 is 7.25 Å². The van der Waals surface area contributed by atoms with Gasteiger partial charge in [-0.2, -0.15) is 34.5 Å². The average molecular weight is 505 g/mol. The smallest absolute Gasteiger partial charge is 0.418 e. The largest absolute Gasteiger partial charge is 2.00 e. The quantitative estimate of drug-likeness (QED) is 0.309. The van der Waals surface area contributed by atoms with Crippen LogP contribution in [-0.4, -0.2) is 32.3 Å². The molecule has 0 spiro atoms. The van der Waals surface area contributed by atoms with Gasteiger partial charge < -0.3 is 22.7 Å². The molecule has 0 saturated heterocycles. The van der Waals surface area contributed by atoms with E-state index in [1.54, 1.807) is 0 Å². The van der Waals surface area contributed by atoms with Crippen molar-refractivity contribution in [2.45, 2.75) is 40.8 Å². The Morgan fingerprint density at radius 3 is 1.45 bits per heavy atom. The van der Waals surface area contributed by atoms with Crippen molar-refractivity contribution in [1.29, 1.82) is 0 Å². The molecule has 3 rings (SSSR count). The first-order valence-corrected chi connectivity index (χ1v) is 8.41. The third-order valence-corrected chi connectivity index (χ3v) is 3.76. The molecule has 162 valence electrons. The summed E-state index contributed by atoms with van der Waals surface area (Å²) >= 11 is 0. The van der Waals surface area contributed by atoms with Crippen molar-refractivity contribution in [2.24, 2.45) is 0 Å². The van der Waals surface area contributed by atoms with Gasteiger partial charge in [-0.25, -0.2) is 0 Å². The first-order chi connectivity index (χ1) is 12.5. The van der Waals surface area contributed by atoms with Crippen LogP contribution in [0.2, 0.25) is 0 Å². The van der Waals surface area contributed by atoms with Crippen molar-refractivity contribution in [3.8, 4) is 0 Å². The van der Waals surface area contributed by atoms with Gasteiger partial charge in [-0.15, -0.1) is 11.1 Å². The fourth-order valence-electron chi connectivity index (χ4n) is 2.75. The van der Waals surface area contributed by atoms with Gasteiger partial charge in [0, 0.05) is 24.5 Å². The Labute approximate surface area is 181 Å². The van der Waals surface area contributed by atoms with Gasteiger partial charge in [-0.05, 0) is 39.8 Å². The zero-order valence-electron chi connectivity index (χ0n) is 16.5. The van der Waals surface area contributed by atoms with E-state index in [9.17, 15) is 17.3 Å². The summed E-state index contributed by atoms with van der Waals surface area (Å²) in [5.41, 5.74) is 6.74. The second-order valence-electron chi connectivity index (χ2n) is 6.37. The number of aryl methyl sites for hydroxylation is 4. The van der Waals surface area contributed by atoms with Crippen molar-refractivity contribution in [3.63, 3.8) is 0 Å². The molecule has 11 heteroatoms. The van der Waals surface area contributed by atoms with Gasteiger partial charge in [-0.3, -0.25) is 9.36 Å². The summed E-state index contributed by atoms with van der Waals surface area (Å²) < 4.78 is 43.0. The Morgan fingerprint density at radius 1 is 0.828 bits per heavy atom. The fraction of sp³-hybridized carbons (Fsp3) is 0.333. The Morgan fingerprint density at radius 2 is 1.17 bits per heavy atom. The zero-order valence-corrected chi connectivity index (χ0v) is 18.0. The molecule has 0 fully saturated rings. The Hall–Kier alpha value is -1.95. The number of hydrogen-bond donors (Lipinski definition) is 0. The molecule has 1 aromatic carbocycles. The van der Waals surface area contributed by atoms with Gasteiger partial charge in [0.25, 0.3) is 0 Å². The summed E-state index contributed by atoms with van der Waals surface area (Å²) in [7, 11) is -6.00. The molecule has 0 radical (unpaired) electrons. The monoisotopic (exact) mass is 504 g/mol. The topological polar surface area (TPSA) is 67.1 Å². The molecule has 3 aromatic rings.